The van der Waals surface area contributed by atoms with Gasteiger partial charge in [0, 0.05) is 12.0 Å². The average molecular weight is 557 g/mol. The molecule has 11 heteroatoms. The smallest absolute Gasteiger partial charge is 0.296 e. The zero-order valence-corrected chi connectivity index (χ0v) is 22.3. The number of nitrogens with zero attached hydrogens (tertiary/aromatic N) is 2. The molecular weight excluding hydrogens is 530 g/mol. The zero-order valence-electron chi connectivity index (χ0n) is 21.4. The Balaban J connectivity index is 1.95. The normalized spacial score (nSPS) is 11.4. The van der Waals surface area contributed by atoms with E-state index in [1.54, 1.807) is 18.2 Å². The van der Waals surface area contributed by atoms with E-state index in [1.807, 2.05) is 6.92 Å². The summed E-state index contributed by atoms with van der Waals surface area (Å²) in [5, 5.41) is 11.4. The van der Waals surface area contributed by atoms with E-state index in [0.717, 1.165) is 35.3 Å². The molecule has 0 saturated heterocycles. The summed E-state index contributed by atoms with van der Waals surface area (Å²) in [5.41, 5.74) is -0.685. The summed E-state index contributed by atoms with van der Waals surface area (Å²) in [4.78, 5) is 15.5. The maximum absolute atomic E-state index is 15.1. The van der Waals surface area contributed by atoms with E-state index in [0.29, 0.717) is 12.0 Å². The first-order valence-electron chi connectivity index (χ1n) is 12.0. The van der Waals surface area contributed by atoms with Crippen LogP contribution in [0.3, 0.4) is 0 Å². The number of unbranched alkanes of at least 4 members (excludes halogenated alkanes) is 1. The molecule has 1 aromatic heterocycles. The van der Waals surface area contributed by atoms with Crippen LogP contribution in [0.1, 0.15) is 25.6 Å². The summed E-state index contributed by atoms with van der Waals surface area (Å²) in [6, 6.07) is 12.9. The molecule has 3 aromatic carbocycles. The van der Waals surface area contributed by atoms with Gasteiger partial charge in [0.05, 0.1) is 19.1 Å². The highest BCUT2D eigenvalue weighted by atomic mass is 32.2. The molecule has 0 aliphatic heterocycles. The van der Waals surface area contributed by atoms with Crippen LogP contribution in [0.2, 0.25) is 0 Å². The first-order valence-corrected chi connectivity index (χ1v) is 13.5. The Kier molecular flexibility index (Phi) is 8.01. The van der Waals surface area contributed by atoms with Crippen molar-refractivity contribution in [1.82, 2.24) is 9.55 Å². The van der Waals surface area contributed by atoms with Crippen LogP contribution in [-0.2, 0) is 16.3 Å². The molecule has 0 aliphatic rings. The lowest BCUT2D eigenvalue weighted by Crippen LogP contribution is -2.25. The van der Waals surface area contributed by atoms with Crippen molar-refractivity contribution in [2.24, 2.45) is 0 Å². The van der Waals surface area contributed by atoms with Gasteiger partial charge in [0.1, 0.15) is 34.6 Å². The van der Waals surface area contributed by atoms with Gasteiger partial charge >= 0.3 is 0 Å². The number of methoxy groups -OCH3 is 2. The summed E-state index contributed by atoms with van der Waals surface area (Å²) in [6.45, 7) is 1.93. The van der Waals surface area contributed by atoms with Gasteiger partial charge in [-0.25, -0.2) is 17.2 Å². The molecule has 0 radical (unpaired) electrons. The Bertz CT molecular complexity index is 1660. The van der Waals surface area contributed by atoms with Gasteiger partial charge in [0.25, 0.3) is 5.56 Å². The molecule has 0 fully saturated rings. The summed E-state index contributed by atoms with van der Waals surface area (Å²) in [7, 11) is -1.98. The average Bonchev–Trinajstić information content (AvgIpc) is 2.91. The quantitative estimate of drug-likeness (QED) is 0.307. The van der Waals surface area contributed by atoms with Crippen molar-refractivity contribution in [3.05, 3.63) is 88.5 Å². The summed E-state index contributed by atoms with van der Waals surface area (Å²) in [5.74, 6) is -1.78. The Morgan fingerprint density at radius 2 is 1.62 bits per heavy atom. The monoisotopic (exact) mass is 556 g/mol. The Labute approximate surface area is 224 Å². The number of hydrogen-bond donors (Lipinski definition) is 1. The topological polar surface area (TPSA) is 108 Å². The fourth-order valence-corrected chi connectivity index (χ4v) is 5.56. The second-order valence-electron chi connectivity index (χ2n) is 8.59. The van der Waals surface area contributed by atoms with Gasteiger partial charge < -0.3 is 14.6 Å². The van der Waals surface area contributed by atoms with Gasteiger partial charge in [0.15, 0.2) is 4.90 Å². The van der Waals surface area contributed by atoms with Crippen LogP contribution in [-0.4, -0.2) is 37.3 Å². The van der Waals surface area contributed by atoms with Crippen LogP contribution >= 0.6 is 0 Å². The summed E-state index contributed by atoms with van der Waals surface area (Å²) in [6.07, 6.45) is 1.56. The van der Waals surface area contributed by atoms with Crippen molar-refractivity contribution < 1.29 is 31.8 Å². The minimum Gasteiger partial charge on any atom is -0.494 e. The zero-order chi connectivity index (χ0) is 28.3. The number of aromatic nitrogens is 2. The number of para-hydroxylation sites is 1. The van der Waals surface area contributed by atoms with E-state index in [4.69, 9.17) is 9.47 Å². The van der Waals surface area contributed by atoms with E-state index < -0.39 is 42.7 Å². The van der Waals surface area contributed by atoms with E-state index in [1.165, 1.54) is 32.4 Å². The molecule has 39 heavy (non-hydrogen) atoms. The predicted molar refractivity (Wildman–Crippen MR) is 140 cm³/mol. The molecule has 204 valence electrons. The molecule has 0 amide bonds. The highest BCUT2D eigenvalue weighted by Gasteiger charge is 2.32. The van der Waals surface area contributed by atoms with Crippen LogP contribution in [0, 0.1) is 11.6 Å². The number of halogens is 2. The molecule has 0 atom stereocenters. The van der Waals surface area contributed by atoms with E-state index in [2.05, 4.69) is 4.98 Å². The van der Waals surface area contributed by atoms with Gasteiger partial charge in [-0.05, 0) is 48.4 Å². The molecule has 0 saturated carbocycles. The lowest BCUT2D eigenvalue weighted by atomic mass is 10.1. The van der Waals surface area contributed by atoms with Crippen molar-refractivity contribution in [2.45, 2.75) is 36.0 Å². The lowest BCUT2D eigenvalue weighted by Gasteiger charge is -2.21. The molecule has 4 rings (SSSR count). The third kappa shape index (κ3) is 5.22. The van der Waals surface area contributed by atoms with Crippen LogP contribution in [0.15, 0.2) is 75.2 Å². The van der Waals surface area contributed by atoms with Crippen molar-refractivity contribution >= 4 is 9.84 Å². The Morgan fingerprint density at radius 1 is 0.974 bits per heavy atom. The molecule has 0 unspecified atom stereocenters. The molecule has 1 heterocycles. The van der Waals surface area contributed by atoms with E-state index >= 15 is 4.39 Å². The fraction of sp³-hybridized carbons (Fsp3) is 0.214. The van der Waals surface area contributed by atoms with Gasteiger partial charge in [-0.2, -0.15) is 4.98 Å². The van der Waals surface area contributed by atoms with Gasteiger partial charge in [-0.1, -0.05) is 37.6 Å². The highest BCUT2D eigenvalue weighted by molar-refractivity contribution is 7.91. The van der Waals surface area contributed by atoms with E-state index in [-0.39, 0.29) is 35.0 Å². The standard InChI is InChI=1S/C28H26F2N2O6S/c1-4-5-9-24-31-27(33)26(28(34)32(24)25-22(37-2)7-6-8-23(25)38-3)39(35,36)19-14-15-20(21(30)16-19)17-10-12-18(29)13-11-17/h6-8,10-16,34H,4-5,9H2,1-3H3. The second-order valence-corrected chi connectivity index (χ2v) is 10.5. The number of rotatable bonds is 9. The second kappa shape index (κ2) is 11.2. The molecule has 1 N–H and O–H groups in total. The SMILES string of the molecule is CCCCc1nc(=O)c(S(=O)(=O)c2ccc(-c3ccc(F)cc3)c(F)c2)c(O)n1-c1c(OC)cccc1OC. The number of ether oxygens (including phenoxy) is 2. The molecular formula is C28H26F2N2O6S. The fourth-order valence-electron chi connectivity index (χ4n) is 4.21. The number of hydrogen-bond acceptors (Lipinski definition) is 7. The summed E-state index contributed by atoms with van der Waals surface area (Å²) < 4.78 is 67.6. The minimum atomic E-state index is -4.76. The van der Waals surface area contributed by atoms with Crippen LogP contribution in [0.4, 0.5) is 8.78 Å². The maximum atomic E-state index is 15.1. The number of sulfone groups is 1. The van der Waals surface area contributed by atoms with Crippen molar-refractivity contribution in [2.75, 3.05) is 14.2 Å². The number of aromatic hydroxyl groups is 1. The van der Waals surface area contributed by atoms with Crippen LogP contribution in [0.5, 0.6) is 17.4 Å². The van der Waals surface area contributed by atoms with Crippen molar-refractivity contribution in [1.29, 1.82) is 0 Å². The summed E-state index contributed by atoms with van der Waals surface area (Å²) >= 11 is 0. The predicted octanol–water partition coefficient (Wildman–Crippen LogP) is 5.08. The van der Waals surface area contributed by atoms with Crippen LogP contribution < -0.4 is 15.0 Å². The van der Waals surface area contributed by atoms with Crippen molar-refractivity contribution in [3.8, 4) is 34.2 Å². The lowest BCUT2D eigenvalue weighted by molar-refractivity contribution is 0.374. The Morgan fingerprint density at radius 3 is 2.18 bits per heavy atom. The third-order valence-corrected chi connectivity index (χ3v) is 7.92. The maximum Gasteiger partial charge on any atom is 0.296 e. The number of aryl methyl sites for hydroxylation is 1. The minimum absolute atomic E-state index is 0.0300. The largest absolute Gasteiger partial charge is 0.494 e. The van der Waals surface area contributed by atoms with Crippen LogP contribution in [0.25, 0.3) is 16.8 Å². The van der Waals surface area contributed by atoms with E-state index in [9.17, 15) is 22.7 Å². The van der Waals surface area contributed by atoms with Crippen molar-refractivity contribution in [3.63, 3.8) is 0 Å². The third-order valence-electron chi connectivity index (χ3n) is 6.15. The molecule has 0 aliphatic carbocycles. The van der Waals surface area contributed by atoms with Gasteiger partial charge in [0.2, 0.25) is 15.7 Å². The molecule has 0 bridgehead atoms. The van der Waals surface area contributed by atoms with Gasteiger partial charge in [-0.3, -0.25) is 9.36 Å². The Hall–Kier alpha value is -4.25. The first-order chi connectivity index (χ1) is 18.6. The highest BCUT2D eigenvalue weighted by Crippen LogP contribution is 2.38. The molecule has 0 spiro atoms. The molecule has 4 aromatic rings. The number of benzene rings is 3. The molecule has 8 nitrogen and oxygen atoms in total. The van der Waals surface area contributed by atoms with Gasteiger partial charge in [-0.15, -0.1) is 0 Å². The first kappa shape index (κ1) is 27.8.